The second-order valence-corrected chi connectivity index (χ2v) is 5.71. The van der Waals surface area contributed by atoms with E-state index in [-0.39, 0.29) is 18.4 Å². The minimum Gasteiger partial charge on any atom is -1.00 e. The fourth-order valence-corrected chi connectivity index (χ4v) is 2.72. The van der Waals surface area contributed by atoms with E-state index in [1.165, 1.54) is 0 Å². The molecule has 0 fully saturated rings. The molecule has 0 saturated heterocycles. The fraction of sp³-hybridized carbons (Fsp3) is 0.200. The lowest BCUT2D eigenvalue weighted by Crippen LogP contribution is -3.00. The van der Waals surface area contributed by atoms with Crippen molar-refractivity contribution in [1.29, 1.82) is 0 Å². The van der Waals surface area contributed by atoms with Crippen molar-refractivity contribution >= 4 is 28.2 Å². The molecule has 0 aliphatic rings. The van der Waals surface area contributed by atoms with Crippen molar-refractivity contribution in [2.24, 2.45) is 0 Å². The summed E-state index contributed by atoms with van der Waals surface area (Å²) in [6.07, 6.45) is 0. The van der Waals surface area contributed by atoms with Crippen LogP contribution in [0.4, 0.5) is 11.4 Å². The second-order valence-electron chi connectivity index (χ2n) is 5.71. The number of pyridine rings is 1. The zero-order valence-electron chi connectivity index (χ0n) is 14.5. The van der Waals surface area contributed by atoms with Crippen molar-refractivity contribution in [3.05, 3.63) is 65.4 Å². The minimum atomic E-state index is -0.312. The number of ether oxygens (including phenoxy) is 1. The van der Waals surface area contributed by atoms with Gasteiger partial charge in [0.05, 0.1) is 17.7 Å². The molecule has 1 heterocycles. The lowest BCUT2D eigenvalue weighted by Gasteiger charge is -2.13. The number of benzene rings is 2. The van der Waals surface area contributed by atoms with Crippen LogP contribution in [0.3, 0.4) is 0 Å². The van der Waals surface area contributed by atoms with Gasteiger partial charge >= 0.3 is 5.97 Å². The van der Waals surface area contributed by atoms with Crippen molar-refractivity contribution in [3.8, 4) is 0 Å². The van der Waals surface area contributed by atoms with E-state index in [0.29, 0.717) is 12.2 Å². The number of hydrogen-bond donors (Lipinski definition) is 1. The molecule has 0 bridgehead atoms. The highest BCUT2D eigenvalue weighted by Crippen LogP contribution is 2.28. The molecule has 130 valence electrons. The largest absolute Gasteiger partial charge is 1.00 e. The Hall–Kier alpha value is -2.59. The minimum absolute atomic E-state index is 0. The van der Waals surface area contributed by atoms with Crippen LogP contribution in [0.25, 0.3) is 10.9 Å². The van der Waals surface area contributed by atoms with E-state index in [9.17, 15) is 4.79 Å². The first-order valence-corrected chi connectivity index (χ1v) is 7.99. The summed E-state index contributed by atoms with van der Waals surface area (Å²) < 4.78 is 5.06. The zero-order valence-corrected chi connectivity index (χ0v) is 15.2. The van der Waals surface area contributed by atoms with Gasteiger partial charge in [-0.3, -0.25) is 4.98 Å². The van der Waals surface area contributed by atoms with Crippen LogP contribution in [0.5, 0.6) is 0 Å². The summed E-state index contributed by atoms with van der Waals surface area (Å²) in [7, 11) is 0. The quantitative estimate of drug-likeness (QED) is 0.725. The maximum atomic E-state index is 11.9. The molecule has 0 unspecified atom stereocenters. The molecule has 0 aliphatic carbocycles. The molecule has 1 N–H and O–H groups in total. The van der Waals surface area contributed by atoms with Gasteiger partial charge in [-0.2, -0.15) is 0 Å². The summed E-state index contributed by atoms with van der Waals surface area (Å²) in [5.41, 5.74) is 5.42. The fourth-order valence-electron chi connectivity index (χ4n) is 2.72. The van der Waals surface area contributed by atoms with E-state index in [0.717, 1.165) is 33.5 Å². The Bertz CT molecular complexity index is 909. The molecule has 0 atom stereocenters. The molecule has 1 aromatic heterocycles. The summed E-state index contributed by atoms with van der Waals surface area (Å²) >= 11 is 0. The van der Waals surface area contributed by atoms with Gasteiger partial charge in [-0.25, -0.2) is 4.79 Å². The Morgan fingerprint density at radius 1 is 1.12 bits per heavy atom. The molecule has 2 aromatic carbocycles. The number of carbonyl (C=O) groups is 1. The van der Waals surface area contributed by atoms with Crippen molar-refractivity contribution in [2.75, 3.05) is 11.9 Å². The van der Waals surface area contributed by atoms with Crippen LogP contribution in [0.2, 0.25) is 0 Å². The number of halogens is 1. The van der Waals surface area contributed by atoms with Crippen LogP contribution in [-0.2, 0) is 4.74 Å². The van der Waals surface area contributed by atoms with Gasteiger partial charge in [-0.1, -0.05) is 24.3 Å². The number of rotatable bonds is 4. The smallest absolute Gasteiger partial charge is 0.338 e. The van der Waals surface area contributed by atoms with Gasteiger partial charge in [-0.05, 0) is 50.6 Å². The van der Waals surface area contributed by atoms with E-state index >= 15 is 0 Å². The predicted molar refractivity (Wildman–Crippen MR) is 96.9 cm³/mol. The van der Waals surface area contributed by atoms with Crippen molar-refractivity contribution in [1.82, 2.24) is 4.98 Å². The summed E-state index contributed by atoms with van der Waals surface area (Å²) in [4.78, 5) is 16.5. The maximum absolute atomic E-state index is 11.9. The molecular formula is C20H20ClN2O2-. The average Bonchev–Trinajstić information content (AvgIpc) is 2.56. The number of nitrogens with one attached hydrogen (secondary N) is 1. The molecule has 0 spiro atoms. The molecule has 5 heteroatoms. The van der Waals surface area contributed by atoms with Crippen LogP contribution < -0.4 is 17.7 Å². The molecule has 0 radical (unpaired) electrons. The number of aryl methyl sites for hydroxylation is 2. The van der Waals surface area contributed by atoms with Gasteiger partial charge in [0.2, 0.25) is 0 Å². The Labute approximate surface area is 153 Å². The number of fused-ring (bicyclic) bond motifs is 1. The van der Waals surface area contributed by atoms with Crippen LogP contribution >= 0.6 is 0 Å². The van der Waals surface area contributed by atoms with Gasteiger partial charge in [0, 0.05) is 22.5 Å². The third kappa shape index (κ3) is 4.09. The number of aromatic nitrogens is 1. The standard InChI is InChI=1S/C20H20N2O2.ClH/c1-4-24-20(23)15-8-6-9-16(12-15)22-18-11-14(3)21-19-13(2)7-5-10-17(18)19;/h5-12H,4H2,1-3H3,(H,21,22);1H/p-1. The normalized spacial score (nSPS) is 10.2. The SMILES string of the molecule is CCOC(=O)c1cccc(Nc2cc(C)nc3c(C)cccc23)c1.[Cl-]. The number of nitrogens with zero attached hydrogens (tertiary/aromatic N) is 1. The molecule has 3 aromatic rings. The van der Waals surface area contributed by atoms with E-state index in [4.69, 9.17) is 4.74 Å². The van der Waals surface area contributed by atoms with Gasteiger partial charge in [-0.15, -0.1) is 0 Å². The van der Waals surface area contributed by atoms with Crippen LogP contribution in [0.1, 0.15) is 28.5 Å². The summed E-state index contributed by atoms with van der Waals surface area (Å²) in [6, 6.07) is 15.5. The van der Waals surface area contributed by atoms with Gasteiger partial charge in [0.15, 0.2) is 0 Å². The molecule has 4 nitrogen and oxygen atoms in total. The molecule has 0 saturated carbocycles. The topological polar surface area (TPSA) is 51.2 Å². The Morgan fingerprint density at radius 2 is 1.88 bits per heavy atom. The Kier molecular flexibility index (Phi) is 5.99. The lowest BCUT2D eigenvalue weighted by atomic mass is 10.1. The Balaban J connectivity index is 0.00000225. The Morgan fingerprint density at radius 3 is 2.64 bits per heavy atom. The molecular weight excluding hydrogens is 336 g/mol. The summed E-state index contributed by atoms with van der Waals surface area (Å²) in [5.74, 6) is -0.312. The molecule has 3 rings (SSSR count). The average molecular weight is 356 g/mol. The lowest BCUT2D eigenvalue weighted by molar-refractivity contribution is -0.0000229. The van der Waals surface area contributed by atoms with Gasteiger partial charge in [0.1, 0.15) is 0 Å². The van der Waals surface area contributed by atoms with Crippen molar-refractivity contribution in [3.63, 3.8) is 0 Å². The highest BCUT2D eigenvalue weighted by molar-refractivity contribution is 5.96. The van der Waals surface area contributed by atoms with Gasteiger partial charge in [0.25, 0.3) is 0 Å². The van der Waals surface area contributed by atoms with Crippen LogP contribution in [0.15, 0.2) is 48.5 Å². The number of anilines is 2. The number of hydrogen-bond acceptors (Lipinski definition) is 4. The first kappa shape index (κ1) is 18.7. The number of carbonyl (C=O) groups excluding carboxylic acids is 1. The summed E-state index contributed by atoms with van der Waals surface area (Å²) in [6.45, 7) is 6.20. The zero-order chi connectivity index (χ0) is 17.1. The first-order chi connectivity index (χ1) is 11.6. The monoisotopic (exact) mass is 355 g/mol. The van der Waals surface area contributed by atoms with E-state index < -0.39 is 0 Å². The van der Waals surface area contributed by atoms with Crippen LogP contribution in [-0.4, -0.2) is 17.6 Å². The third-order valence-corrected chi connectivity index (χ3v) is 3.82. The van der Waals surface area contributed by atoms with Gasteiger partial charge < -0.3 is 22.5 Å². The highest BCUT2D eigenvalue weighted by atomic mass is 35.5. The highest BCUT2D eigenvalue weighted by Gasteiger charge is 2.09. The summed E-state index contributed by atoms with van der Waals surface area (Å²) in [5, 5.41) is 4.46. The third-order valence-electron chi connectivity index (χ3n) is 3.82. The molecule has 0 amide bonds. The van der Waals surface area contributed by atoms with Crippen molar-refractivity contribution < 1.29 is 21.9 Å². The molecule has 25 heavy (non-hydrogen) atoms. The predicted octanol–water partition coefficient (Wildman–Crippen LogP) is 1.78. The van der Waals surface area contributed by atoms with E-state index in [1.807, 2.05) is 37.3 Å². The van der Waals surface area contributed by atoms with E-state index in [1.54, 1.807) is 19.1 Å². The molecule has 0 aliphatic heterocycles. The maximum Gasteiger partial charge on any atom is 0.338 e. The van der Waals surface area contributed by atoms with Crippen LogP contribution in [0, 0.1) is 13.8 Å². The number of para-hydroxylation sites is 1. The second kappa shape index (κ2) is 7.99. The first-order valence-electron chi connectivity index (χ1n) is 7.99. The number of esters is 1. The van der Waals surface area contributed by atoms with Crippen molar-refractivity contribution in [2.45, 2.75) is 20.8 Å². The van der Waals surface area contributed by atoms with E-state index in [2.05, 4.69) is 23.3 Å².